The van der Waals surface area contributed by atoms with Crippen molar-refractivity contribution in [3.63, 3.8) is 0 Å². The molecule has 140 valence electrons. The van der Waals surface area contributed by atoms with Crippen molar-refractivity contribution in [2.24, 2.45) is 16.8 Å². The molecule has 2 unspecified atom stereocenters. The van der Waals surface area contributed by atoms with Crippen molar-refractivity contribution in [3.8, 4) is 5.82 Å². The maximum Gasteiger partial charge on any atom is 0.193 e. The molecule has 7 heteroatoms. The van der Waals surface area contributed by atoms with E-state index in [4.69, 9.17) is 0 Å². The molecular weight excluding hydrogens is 439 g/mol. The Labute approximate surface area is 172 Å². The second-order valence-electron chi connectivity index (χ2n) is 7.10. The Balaban J connectivity index is 0.00000196. The molecule has 1 aliphatic heterocycles. The summed E-state index contributed by atoms with van der Waals surface area (Å²) in [5, 5.41) is 3.51. The van der Waals surface area contributed by atoms with Crippen LogP contribution in [0.25, 0.3) is 5.82 Å². The topological polar surface area (TPSA) is 58.3 Å². The van der Waals surface area contributed by atoms with Gasteiger partial charge in [0.1, 0.15) is 12.1 Å². The lowest BCUT2D eigenvalue weighted by Crippen LogP contribution is -2.39. The molecule has 2 aliphatic rings. The molecule has 1 aliphatic carbocycles. The zero-order valence-corrected chi connectivity index (χ0v) is 17.5. The van der Waals surface area contributed by atoms with Crippen molar-refractivity contribution >= 4 is 29.9 Å². The van der Waals surface area contributed by atoms with Crippen LogP contribution in [0.3, 0.4) is 0 Å². The number of aromatic nitrogens is 3. The molecule has 3 heterocycles. The van der Waals surface area contributed by atoms with Crippen LogP contribution < -0.4 is 5.32 Å². The third-order valence-corrected chi connectivity index (χ3v) is 5.52. The second kappa shape index (κ2) is 8.83. The molecule has 1 saturated heterocycles. The number of halogens is 1. The first-order valence-corrected chi connectivity index (χ1v) is 9.22. The molecule has 0 radical (unpaired) electrons. The van der Waals surface area contributed by atoms with Gasteiger partial charge in [0, 0.05) is 45.3 Å². The molecule has 4 rings (SSSR count). The fourth-order valence-electron chi connectivity index (χ4n) is 4.16. The van der Waals surface area contributed by atoms with Crippen LogP contribution in [0.5, 0.6) is 0 Å². The Morgan fingerprint density at radius 3 is 2.58 bits per heavy atom. The fraction of sp³-hybridized carbons (Fsp3) is 0.526. The van der Waals surface area contributed by atoms with Crippen LogP contribution >= 0.6 is 24.0 Å². The SMILES string of the molecule is CN=C(NCc1ccc(-n2ccnc2)nc1)N1CC2CCCCC2C1.I. The van der Waals surface area contributed by atoms with Crippen LogP contribution in [0.4, 0.5) is 0 Å². The third kappa shape index (κ3) is 4.19. The van der Waals surface area contributed by atoms with Gasteiger partial charge in [-0.2, -0.15) is 0 Å². The molecular formula is C19H27IN6. The van der Waals surface area contributed by atoms with E-state index in [9.17, 15) is 0 Å². The van der Waals surface area contributed by atoms with Gasteiger partial charge in [0.05, 0.1) is 0 Å². The van der Waals surface area contributed by atoms with Crippen LogP contribution in [0, 0.1) is 11.8 Å². The van der Waals surface area contributed by atoms with Crippen LogP contribution in [0.1, 0.15) is 31.2 Å². The molecule has 2 aromatic rings. The average Bonchev–Trinajstić information content (AvgIpc) is 3.32. The van der Waals surface area contributed by atoms with E-state index >= 15 is 0 Å². The van der Waals surface area contributed by atoms with Crippen molar-refractivity contribution in [2.75, 3.05) is 20.1 Å². The molecule has 0 aromatic carbocycles. The first-order chi connectivity index (χ1) is 12.3. The molecule has 0 amide bonds. The highest BCUT2D eigenvalue weighted by Gasteiger charge is 2.35. The van der Waals surface area contributed by atoms with Gasteiger partial charge < -0.3 is 10.2 Å². The van der Waals surface area contributed by atoms with Gasteiger partial charge in [-0.3, -0.25) is 9.56 Å². The number of pyridine rings is 1. The predicted octanol–water partition coefficient (Wildman–Crippen LogP) is 3.08. The molecule has 1 N–H and O–H groups in total. The zero-order chi connectivity index (χ0) is 17.1. The van der Waals surface area contributed by atoms with E-state index in [-0.39, 0.29) is 24.0 Å². The number of hydrogen-bond acceptors (Lipinski definition) is 3. The van der Waals surface area contributed by atoms with Crippen LogP contribution in [0.2, 0.25) is 0 Å². The van der Waals surface area contributed by atoms with Crippen LogP contribution in [0.15, 0.2) is 42.0 Å². The number of imidazole rings is 1. The average molecular weight is 466 g/mol. The summed E-state index contributed by atoms with van der Waals surface area (Å²) < 4.78 is 1.90. The molecule has 0 bridgehead atoms. The molecule has 2 fully saturated rings. The van der Waals surface area contributed by atoms with Gasteiger partial charge in [-0.25, -0.2) is 9.97 Å². The lowest BCUT2D eigenvalue weighted by Gasteiger charge is -2.22. The summed E-state index contributed by atoms with van der Waals surface area (Å²) in [6.07, 6.45) is 12.9. The molecule has 2 aromatic heterocycles. The standard InChI is InChI=1S/C19H26N6.HI/c1-20-19(25-12-16-4-2-3-5-17(16)13-25)23-11-15-6-7-18(22-10-15)24-9-8-21-14-24;/h6-10,14,16-17H,2-5,11-13H2,1H3,(H,20,23);1H. The van der Waals surface area contributed by atoms with Crippen molar-refractivity contribution in [2.45, 2.75) is 32.2 Å². The Morgan fingerprint density at radius 2 is 2.00 bits per heavy atom. The summed E-state index contributed by atoms with van der Waals surface area (Å²) in [5.41, 5.74) is 1.15. The van der Waals surface area contributed by atoms with Gasteiger partial charge in [0.2, 0.25) is 0 Å². The van der Waals surface area contributed by atoms with Gasteiger partial charge in [-0.05, 0) is 36.3 Å². The van der Waals surface area contributed by atoms with E-state index in [2.05, 4.69) is 31.2 Å². The summed E-state index contributed by atoms with van der Waals surface area (Å²) in [6.45, 7) is 3.06. The third-order valence-electron chi connectivity index (χ3n) is 5.52. The number of likely N-dealkylation sites (tertiary alicyclic amines) is 1. The summed E-state index contributed by atoms with van der Waals surface area (Å²) in [7, 11) is 1.88. The first-order valence-electron chi connectivity index (χ1n) is 9.22. The van der Waals surface area contributed by atoms with E-state index < -0.39 is 0 Å². The monoisotopic (exact) mass is 466 g/mol. The lowest BCUT2D eigenvalue weighted by molar-refractivity contribution is 0.299. The summed E-state index contributed by atoms with van der Waals surface area (Å²) in [4.78, 5) is 15.5. The number of guanidine groups is 1. The maximum absolute atomic E-state index is 4.51. The maximum atomic E-state index is 4.51. The van der Waals surface area contributed by atoms with Crippen LogP contribution in [-0.4, -0.2) is 45.5 Å². The van der Waals surface area contributed by atoms with Crippen molar-refractivity contribution in [1.29, 1.82) is 0 Å². The Hall–Kier alpha value is -1.64. The minimum Gasteiger partial charge on any atom is -0.352 e. The van der Waals surface area contributed by atoms with Gasteiger partial charge in [-0.15, -0.1) is 24.0 Å². The number of aliphatic imine (C=N–C) groups is 1. The van der Waals surface area contributed by atoms with Gasteiger partial charge in [0.15, 0.2) is 5.96 Å². The highest BCUT2D eigenvalue weighted by atomic mass is 127. The quantitative estimate of drug-likeness (QED) is 0.429. The van der Waals surface area contributed by atoms with Crippen molar-refractivity contribution < 1.29 is 0 Å². The van der Waals surface area contributed by atoms with E-state index in [1.165, 1.54) is 25.7 Å². The zero-order valence-electron chi connectivity index (χ0n) is 15.2. The minimum atomic E-state index is 0. The van der Waals surface area contributed by atoms with Crippen LogP contribution in [-0.2, 0) is 6.54 Å². The normalized spacial score (nSPS) is 22.7. The Bertz CT molecular complexity index is 698. The molecule has 26 heavy (non-hydrogen) atoms. The van der Waals surface area contributed by atoms with E-state index in [0.29, 0.717) is 0 Å². The summed E-state index contributed by atoms with van der Waals surface area (Å²) in [5.74, 6) is 3.63. The number of nitrogens with zero attached hydrogens (tertiary/aromatic N) is 5. The smallest absolute Gasteiger partial charge is 0.193 e. The largest absolute Gasteiger partial charge is 0.352 e. The predicted molar refractivity (Wildman–Crippen MR) is 114 cm³/mol. The number of rotatable bonds is 3. The van der Waals surface area contributed by atoms with Gasteiger partial charge in [0.25, 0.3) is 0 Å². The fourth-order valence-corrected chi connectivity index (χ4v) is 4.16. The second-order valence-corrected chi connectivity index (χ2v) is 7.10. The molecule has 6 nitrogen and oxygen atoms in total. The van der Waals surface area contributed by atoms with E-state index in [0.717, 1.165) is 48.8 Å². The van der Waals surface area contributed by atoms with Gasteiger partial charge >= 0.3 is 0 Å². The molecule has 1 saturated carbocycles. The Morgan fingerprint density at radius 1 is 1.23 bits per heavy atom. The Kier molecular flexibility index (Phi) is 6.50. The van der Waals surface area contributed by atoms with Crippen molar-refractivity contribution in [1.82, 2.24) is 24.8 Å². The highest BCUT2D eigenvalue weighted by molar-refractivity contribution is 14.0. The number of hydrogen-bond donors (Lipinski definition) is 1. The number of fused-ring (bicyclic) bond motifs is 1. The molecule has 0 spiro atoms. The van der Waals surface area contributed by atoms with E-state index in [1.54, 1.807) is 12.5 Å². The van der Waals surface area contributed by atoms with Crippen molar-refractivity contribution in [3.05, 3.63) is 42.6 Å². The van der Waals surface area contributed by atoms with Gasteiger partial charge in [-0.1, -0.05) is 18.9 Å². The summed E-state index contributed by atoms with van der Waals surface area (Å²) >= 11 is 0. The lowest BCUT2D eigenvalue weighted by atomic mass is 9.82. The highest BCUT2D eigenvalue weighted by Crippen LogP contribution is 2.35. The molecule has 2 atom stereocenters. The number of nitrogens with one attached hydrogen (secondary N) is 1. The van der Waals surface area contributed by atoms with E-state index in [1.807, 2.05) is 30.1 Å². The summed E-state index contributed by atoms with van der Waals surface area (Å²) in [6, 6.07) is 4.12. The first kappa shape index (κ1) is 19.1. The minimum absolute atomic E-state index is 0.